The zero-order chi connectivity index (χ0) is 13.1. The van der Waals surface area contributed by atoms with Crippen molar-refractivity contribution in [2.75, 3.05) is 5.32 Å². The molecule has 2 rings (SSSR count). The highest BCUT2D eigenvalue weighted by atomic mass is 127. The lowest BCUT2D eigenvalue weighted by Gasteiger charge is -2.10. The molecule has 92 valence electrons. The second-order valence-electron chi connectivity index (χ2n) is 4.21. The molecule has 0 unspecified atom stereocenters. The molecule has 0 bridgehead atoms. The number of aryl methyl sites for hydroxylation is 1. The van der Waals surface area contributed by atoms with Crippen molar-refractivity contribution >= 4 is 34.2 Å². The van der Waals surface area contributed by atoms with Crippen LogP contribution in [-0.2, 0) is 0 Å². The number of amides is 1. The summed E-state index contributed by atoms with van der Waals surface area (Å²) >= 11 is 2.20. The summed E-state index contributed by atoms with van der Waals surface area (Å²) < 4.78 is 1.06. The van der Waals surface area contributed by atoms with Crippen molar-refractivity contribution in [3.05, 3.63) is 62.7 Å². The van der Waals surface area contributed by atoms with Gasteiger partial charge >= 0.3 is 0 Å². The van der Waals surface area contributed by atoms with E-state index in [1.807, 2.05) is 56.3 Å². The van der Waals surface area contributed by atoms with Crippen LogP contribution in [0.4, 0.5) is 5.69 Å². The smallest absolute Gasteiger partial charge is 0.255 e. The molecular weight excluding hydrogens is 337 g/mol. The van der Waals surface area contributed by atoms with E-state index >= 15 is 0 Å². The quantitative estimate of drug-likeness (QED) is 0.809. The van der Waals surface area contributed by atoms with E-state index in [2.05, 4.69) is 27.9 Å². The van der Waals surface area contributed by atoms with Crippen LogP contribution in [0, 0.1) is 17.4 Å². The minimum atomic E-state index is -0.0674. The minimum Gasteiger partial charge on any atom is -0.322 e. The summed E-state index contributed by atoms with van der Waals surface area (Å²) in [6, 6.07) is 13.5. The highest BCUT2D eigenvalue weighted by Gasteiger charge is 2.08. The topological polar surface area (TPSA) is 29.1 Å². The highest BCUT2D eigenvalue weighted by Crippen LogP contribution is 2.19. The first-order chi connectivity index (χ1) is 8.58. The maximum absolute atomic E-state index is 12.1. The summed E-state index contributed by atoms with van der Waals surface area (Å²) in [5, 5.41) is 2.95. The van der Waals surface area contributed by atoms with Gasteiger partial charge in [-0.15, -0.1) is 0 Å². The third kappa shape index (κ3) is 2.90. The molecule has 0 heterocycles. The molecule has 0 aliphatic heterocycles. The summed E-state index contributed by atoms with van der Waals surface area (Å²) in [4.78, 5) is 12.1. The number of rotatable bonds is 2. The molecular formula is C15H14INO. The standard InChI is InChI=1S/C15H14INO/c1-10-5-3-8-14(11(10)2)17-15(18)12-6-4-7-13(16)9-12/h3-9H,1-2H3,(H,17,18). The molecule has 0 aliphatic rings. The first-order valence-corrected chi connectivity index (χ1v) is 6.79. The van der Waals surface area contributed by atoms with Gasteiger partial charge in [0.2, 0.25) is 0 Å². The van der Waals surface area contributed by atoms with E-state index in [9.17, 15) is 4.79 Å². The zero-order valence-electron chi connectivity index (χ0n) is 10.3. The molecule has 2 aromatic carbocycles. The molecule has 2 aromatic rings. The fourth-order valence-electron chi connectivity index (χ4n) is 1.71. The summed E-state index contributed by atoms with van der Waals surface area (Å²) in [7, 11) is 0. The van der Waals surface area contributed by atoms with E-state index in [1.54, 1.807) is 0 Å². The molecule has 0 saturated carbocycles. The fourth-order valence-corrected chi connectivity index (χ4v) is 2.25. The van der Waals surface area contributed by atoms with Gasteiger partial charge in [0, 0.05) is 14.8 Å². The molecule has 0 aliphatic carbocycles. The normalized spacial score (nSPS) is 10.2. The Bertz CT molecular complexity index is 593. The lowest BCUT2D eigenvalue weighted by atomic mass is 10.1. The Hall–Kier alpha value is -1.36. The van der Waals surface area contributed by atoms with E-state index in [0.29, 0.717) is 5.56 Å². The molecule has 18 heavy (non-hydrogen) atoms. The Kier molecular flexibility index (Phi) is 4.01. The number of carbonyl (C=O) groups is 1. The highest BCUT2D eigenvalue weighted by molar-refractivity contribution is 14.1. The number of benzene rings is 2. The Morgan fingerprint density at radius 1 is 1.11 bits per heavy atom. The van der Waals surface area contributed by atoms with Crippen molar-refractivity contribution in [3.63, 3.8) is 0 Å². The minimum absolute atomic E-state index is 0.0674. The summed E-state index contributed by atoms with van der Waals surface area (Å²) in [6.45, 7) is 4.05. The van der Waals surface area contributed by atoms with Crippen molar-refractivity contribution in [2.45, 2.75) is 13.8 Å². The van der Waals surface area contributed by atoms with Crippen molar-refractivity contribution in [3.8, 4) is 0 Å². The van der Waals surface area contributed by atoms with Crippen LogP contribution in [0.1, 0.15) is 21.5 Å². The van der Waals surface area contributed by atoms with Crippen LogP contribution in [0.5, 0.6) is 0 Å². The number of halogens is 1. The van der Waals surface area contributed by atoms with Gasteiger partial charge in [0.05, 0.1) is 0 Å². The number of nitrogens with one attached hydrogen (secondary N) is 1. The average Bonchev–Trinajstić information content (AvgIpc) is 2.35. The molecule has 3 heteroatoms. The van der Waals surface area contributed by atoms with E-state index in [1.165, 1.54) is 5.56 Å². The van der Waals surface area contributed by atoms with Crippen LogP contribution >= 0.6 is 22.6 Å². The van der Waals surface area contributed by atoms with E-state index < -0.39 is 0 Å². The van der Waals surface area contributed by atoms with E-state index in [4.69, 9.17) is 0 Å². The van der Waals surface area contributed by atoms with Gasteiger partial charge in [-0.05, 0) is 71.8 Å². The first-order valence-electron chi connectivity index (χ1n) is 5.71. The maximum atomic E-state index is 12.1. The SMILES string of the molecule is Cc1cccc(NC(=O)c2cccc(I)c2)c1C. The third-order valence-electron chi connectivity index (χ3n) is 2.94. The predicted molar refractivity (Wildman–Crippen MR) is 83.0 cm³/mol. The monoisotopic (exact) mass is 351 g/mol. The van der Waals surface area contributed by atoms with Gasteiger partial charge in [0.25, 0.3) is 5.91 Å². The van der Waals surface area contributed by atoms with Crippen LogP contribution in [0.2, 0.25) is 0 Å². The Balaban J connectivity index is 2.24. The number of carbonyl (C=O) groups excluding carboxylic acids is 1. The number of hydrogen-bond donors (Lipinski definition) is 1. The lowest BCUT2D eigenvalue weighted by Crippen LogP contribution is -2.13. The Morgan fingerprint density at radius 2 is 1.83 bits per heavy atom. The third-order valence-corrected chi connectivity index (χ3v) is 3.61. The molecule has 0 atom stereocenters. The Labute approximate surface area is 121 Å². The summed E-state index contributed by atoms with van der Waals surface area (Å²) in [5.41, 5.74) is 3.84. The largest absolute Gasteiger partial charge is 0.322 e. The van der Waals surface area contributed by atoms with E-state index in [0.717, 1.165) is 14.8 Å². The van der Waals surface area contributed by atoms with Crippen molar-refractivity contribution in [1.82, 2.24) is 0 Å². The molecule has 1 amide bonds. The average molecular weight is 351 g/mol. The van der Waals surface area contributed by atoms with Gasteiger partial charge in [0.15, 0.2) is 0 Å². The number of anilines is 1. The van der Waals surface area contributed by atoms with Gasteiger partial charge in [-0.25, -0.2) is 0 Å². The van der Waals surface area contributed by atoms with Crippen LogP contribution in [0.3, 0.4) is 0 Å². The van der Waals surface area contributed by atoms with Gasteiger partial charge in [-0.2, -0.15) is 0 Å². The summed E-state index contributed by atoms with van der Waals surface area (Å²) in [5.74, 6) is -0.0674. The molecule has 0 fully saturated rings. The molecule has 0 radical (unpaired) electrons. The van der Waals surface area contributed by atoms with Crippen LogP contribution in [0.15, 0.2) is 42.5 Å². The second kappa shape index (κ2) is 5.52. The van der Waals surface area contributed by atoms with Crippen molar-refractivity contribution < 1.29 is 4.79 Å². The molecule has 0 aromatic heterocycles. The van der Waals surface area contributed by atoms with Crippen molar-refractivity contribution in [2.24, 2.45) is 0 Å². The zero-order valence-corrected chi connectivity index (χ0v) is 12.5. The predicted octanol–water partition coefficient (Wildman–Crippen LogP) is 4.16. The maximum Gasteiger partial charge on any atom is 0.255 e. The Morgan fingerprint density at radius 3 is 2.56 bits per heavy atom. The van der Waals surface area contributed by atoms with Crippen LogP contribution in [-0.4, -0.2) is 5.91 Å². The van der Waals surface area contributed by atoms with Crippen molar-refractivity contribution in [1.29, 1.82) is 0 Å². The number of hydrogen-bond acceptors (Lipinski definition) is 1. The van der Waals surface area contributed by atoms with Crippen LogP contribution in [0.25, 0.3) is 0 Å². The lowest BCUT2D eigenvalue weighted by molar-refractivity contribution is 0.102. The molecule has 2 nitrogen and oxygen atoms in total. The van der Waals surface area contributed by atoms with Gasteiger partial charge < -0.3 is 5.32 Å². The first kappa shape index (κ1) is 13.1. The second-order valence-corrected chi connectivity index (χ2v) is 5.46. The molecule has 0 saturated heterocycles. The van der Waals surface area contributed by atoms with Gasteiger partial charge in [0.1, 0.15) is 0 Å². The van der Waals surface area contributed by atoms with Gasteiger partial charge in [-0.1, -0.05) is 18.2 Å². The van der Waals surface area contributed by atoms with Gasteiger partial charge in [-0.3, -0.25) is 4.79 Å². The molecule has 0 spiro atoms. The summed E-state index contributed by atoms with van der Waals surface area (Å²) in [6.07, 6.45) is 0. The van der Waals surface area contributed by atoms with Crippen LogP contribution < -0.4 is 5.32 Å². The van der Waals surface area contributed by atoms with E-state index in [-0.39, 0.29) is 5.91 Å². The molecule has 1 N–H and O–H groups in total. The fraction of sp³-hybridized carbons (Fsp3) is 0.133.